The average molecular weight is 241 g/mol. The molecule has 1 heterocycles. The highest BCUT2D eigenvalue weighted by Crippen LogP contribution is 2.30. The van der Waals surface area contributed by atoms with E-state index in [2.05, 4.69) is 0 Å². The Kier molecular flexibility index (Phi) is 3.31. The molecule has 2 rings (SSSR count). The number of hydrogen-bond donors (Lipinski definition) is 1. The second kappa shape index (κ2) is 4.72. The summed E-state index contributed by atoms with van der Waals surface area (Å²) in [6.45, 7) is 0.892. The Morgan fingerprint density at radius 1 is 1.50 bits per heavy atom. The molecule has 16 heavy (non-hydrogen) atoms. The highest BCUT2D eigenvalue weighted by Gasteiger charge is 2.34. The number of cyclic esters (lactones) is 1. The Bertz CT molecular complexity index is 397. The molecule has 0 aromatic heterocycles. The van der Waals surface area contributed by atoms with Gasteiger partial charge >= 0.3 is 6.09 Å². The number of anilines is 1. The van der Waals surface area contributed by atoms with E-state index >= 15 is 0 Å². The van der Waals surface area contributed by atoms with Gasteiger partial charge in [0.15, 0.2) is 0 Å². The quantitative estimate of drug-likeness (QED) is 0.879. The van der Waals surface area contributed by atoms with Gasteiger partial charge in [-0.15, -0.1) is 0 Å². The first-order valence-corrected chi connectivity index (χ1v) is 5.52. The summed E-state index contributed by atoms with van der Waals surface area (Å²) in [7, 11) is 0. The summed E-state index contributed by atoms with van der Waals surface area (Å²) in [6.07, 6.45) is 0.350. The van der Waals surface area contributed by atoms with E-state index < -0.39 is 0 Å². The molecule has 1 aliphatic rings. The van der Waals surface area contributed by atoms with Crippen LogP contribution in [-0.4, -0.2) is 25.3 Å². The van der Waals surface area contributed by atoms with Crippen LogP contribution < -0.4 is 10.6 Å². The highest BCUT2D eigenvalue weighted by molar-refractivity contribution is 6.33. The molecule has 0 spiro atoms. The van der Waals surface area contributed by atoms with Gasteiger partial charge in [0.05, 0.1) is 16.8 Å². The Labute approximate surface area is 98.9 Å². The van der Waals surface area contributed by atoms with Crippen LogP contribution >= 0.6 is 11.6 Å². The van der Waals surface area contributed by atoms with Crippen molar-refractivity contribution in [1.29, 1.82) is 0 Å². The molecule has 0 bridgehead atoms. The molecule has 0 radical (unpaired) electrons. The van der Waals surface area contributed by atoms with Crippen LogP contribution in [0.15, 0.2) is 24.3 Å². The number of para-hydroxylation sites is 1. The predicted octanol–water partition coefficient (Wildman–Crippen LogP) is 2.01. The van der Waals surface area contributed by atoms with Crippen molar-refractivity contribution in [1.82, 2.24) is 0 Å². The molecule has 1 aromatic rings. The number of ether oxygens (including phenoxy) is 1. The van der Waals surface area contributed by atoms with E-state index in [0.29, 0.717) is 30.3 Å². The summed E-state index contributed by atoms with van der Waals surface area (Å²) in [6, 6.07) is 7.20. The fraction of sp³-hybridized carbons (Fsp3) is 0.364. The molecule has 5 heteroatoms. The molecule has 1 fully saturated rings. The topological polar surface area (TPSA) is 55.6 Å². The van der Waals surface area contributed by atoms with Gasteiger partial charge in [0, 0.05) is 0 Å². The summed E-state index contributed by atoms with van der Waals surface area (Å²) < 4.78 is 5.01. The number of nitrogens with zero attached hydrogens (tertiary/aromatic N) is 1. The van der Waals surface area contributed by atoms with Crippen LogP contribution in [0.1, 0.15) is 6.42 Å². The van der Waals surface area contributed by atoms with Gasteiger partial charge in [-0.3, -0.25) is 4.90 Å². The Balaban J connectivity index is 2.30. The normalized spacial score (nSPS) is 20.0. The zero-order chi connectivity index (χ0) is 11.5. The zero-order valence-corrected chi connectivity index (χ0v) is 9.48. The monoisotopic (exact) mass is 240 g/mol. The first-order chi connectivity index (χ1) is 7.74. The largest absolute Gasteiger partial charge is 0.447 e. The van der Waals surface area contributed by atoms with E-state index in [1.165, 1.54) is 0 Å². The van der Waals surface area contributed by atoms with Crippen LogP contribution in [0.2, 0.25) is 5.02 Å². The van der Waals surface area contributed by atoms with Crippen molar-refractivity contribution in [2.45, 2.75) is 12.5 Å². The zero-order valence-electron chi connectivity index (χ0n) is 8.73. The van der Waals surface area contributed by atoms with Gasteiger partial charge in [0.1, 0.15) is 6.61 Å². The molecular formula is C11H13ClN2O2. The minimum Gasteiger partial charge on any atom is -0.447 e. The maximum atomic E-state index is 11.6. The number of nitrogens with two attached hydrogens (primary N) is 1. The number of rotatable bonds is 3. The maximum absolute atomic E-state index is 11.6. The SMILES string of the molecule is NCCC1COC(=O)N1c1ccccc1Cl. The summed E-state index contributed by atoms with van der Waals surface area (Å²) in [5.74, 6) is 0. The molecule has 1 atom stereocenters. The summed E-state index contributed by atoms with van der Waals surface area (Å²) in [4.78, 5) is 13.2. The summed E-state index contributed by atoms with van der Waals surface area (Å²) >= 11 is 6.05. The fourth-order valence-electron chi connectivity index (χ4n) is 1.81. The summed E-state index contributed by atoms with van der Waals surface area (Å²) in [5, 5.41) is 0.545. The second-order valence-corrected chi connectivity index (χ2v) is 4.04. The van der Waals surface area contributed by atoms with Crippen molar-refractivity contribution in [2.75, 3.05) is 18.1 Å². The number of carbonyl (C=O) groups excluding carboxylic acids is 1. The molecule has 4 nitrogen and oxygen atoms in total. The lowest BCUT2D eigenvalue weighted by atomic mass is 10.2. The fourth-order valence-corrected chi connectivity index (χ4v) is 2.03. The number of hydrogen-bond acceptors (Lipinski definition) is 3. The molecule has 1 saturated heterocycles. The lowest BCUT2D eigenvalue weighted by molar-refractivity contribution is 0.178. The van der Waals surface area contributed by atoms with Crippen LogP contribution in [0.3, 0.4) is 0 Å². The molecule has 86 valence electrons. The Hall–Kier alpha value is -1.26. The number of halogens is 1. The van der Waals surface area contributed by atoms with E-state index in [4.69, 9.17) is 22.1 Å². The van der Waals surface area contributed by atoms with Crippen LogP contribution in [0.5, 0.6) is 0 Å². The standard InChI is InChI=1S/C11H13ClN2O2/c12-9-3-1-2-4-10(9)14-8(5-6-13)7-16-11(14)15/h1-4,8H,5-7,13H2. The Morgan fingerprint density at radius 3 is 2.94 bits per heavy atom. The number of carbonyl (C=O) groups is 1. The lowest BCUT2D eigenvalue weighted by Crippen LogP contribution is -2.35. The van der Waals surface area contributed by atoms with E-state index in [0.717, 1.165) is 0 Å². The van der Waals surface area contributed by atoms with E-state index in [9.17, 15) is 4.79 Å². The third kappa shape index (κ3) is 1.99. The third-order valence-electron chi connectivity index (χ3n) is 2.57. The van der Waals surface area contributed by atoms with Crippen molar-refractivity contribution < 1.29 is 9.53 Å². The third-order valence-corrected chi connectivity index (χ3v) is 2.89. The predicted molar refractivity (Wildman–Crippen MR) is 62.7 cm³/mol. The van der Waals surface area contributed by atoms with Gasteiger partial charge in [-0.05, 0) is 25.1 Å². The lowest BCUT2D eigenvalue weighted by Gasteiger charge is -2.21. The van der Waals surface area contributed by atoms with Gasteiger partial charge in [0.25, 0.3) is 0 Å². The van der Waals surface area contributed by atoms with Crippen molar-refractivity contribution in [3.63, 3.8) is 0 Å². The van der Waals surface area contributed by atoms with Crippen LogP contribution in [0.25, 0.3) is 0 Å². The molecule has 1 amide bonds. The first-order valence-electron chi connectivity index (χ1n) is 5.14. The molecule has 2 N–H and O–H groups in total. The van der Waals surface area contributed by atoms with Crippen molar-refractivity contribution >= 4 is 23.4 Å². The minimum absolute atomic E-state index is 0.0163. The highest BCUT2D eigenvalue weighted by atomic mass is 35.5. The molecule has 1 aliphatic heterocycles. The van der Waals surface area contributed by atoms with Crippen LogP contribution in [-0.2, 0) is 4.74 Å². The van der Waals surface area contributed by atoms with Crippen molar-refractivity contribution in [3.05, 3.63) is 29.3 Å². The second-order valence-electron chi connectivity index (χ2n) is 3.63. The first kappa shape index (κ1) is 11.2. The number of benzene rings is 1. The Morgan fingerprint density at radius 2 is 2.25 bits per heavy atom. The van der Waals surface area contributed by atoms with Gasteiger partial charge < -0.3 is 10.5 Å². The molecule has 0 saturated carbocycles. The van der Waals surface area contributed by atoms with E-state index in [1.807, 2.05) is 12.1 Å². The average Bonchev–Trinajstić information content (AvgIpc) is 2.62. The minimum atomic E-state index is -0.355. The van der Waals surface area contributed by atoms with Gasteiger partial charge in [-0.1, -0.05) is 23.7 Å². The van der Waals surface area contributed by atoms with Crippen molar-refractivity contribution in [3.8, 4) is 0 Å². The maximum Gasteiger partial charge on any atom is 0.414 e. The molecule has 1 aromatic carbocycles. The van der Waals surface area contributed by atoms with Gasteiger partial charge in [-0.2, -0.15) is 0 Å². The molecule has 0 aliphatic carbocycles. The van der Waals surface area contributed by atoms with Crippen LogP contribution in [0.4, 0.5) is 10.5 Å². The van der Waals surface area contributed by atoms with Crippen molar-refractivity contribution in [2.24, 2.45) is 5.73 Å². The molecule has 1 unspecified atom stereocenters. The molecular weight excluding hydrogens is 228 g/mol. The number of amides is 1. The van der Waals surface area contributed by atoms with E-state index in [-0.39, 0.29) is 12.1 Å². The van der Waals surface area contributed by atoms with Gasteiger partial charge in [-0.25, -0.2) is 4.79 Å². The smallest absolute Gasteiger partial charge is 0.414 e. The summed E-state index contributed by atoms with van der Waals surface area (Å²) in [5.41, 5.74) is 6.19. The van der Waals surface area contributed by atoms with Crippen LogP contribution in [0, 0.1) is 0 Å². The van der Waals surface area contributed by atoms with Gasteiger partial charge in [0.2, 0.25) is 0 Å². The van der Waals surface area contributed by atoms with E-state index in [1.54, 1.807) is 17.0 Å².